The fourth-order valence-corrected chi connectivity index (χ4v) is 4.65. The average molecular weight is 537 g/mol. The molecule has 0 aliphatic heterocycles. The Morgan fingerprint density at radius 2 is 1.56 bits per heavy atom. The van der Waals surface area contributed by atoms with Crippen LogP contribution in [0.1, 0.15) is 15.9 Å². The quantitative estimate of drug-likeness (QED) is 0.234. The molecule has 9 nitrogen and oxygen atoms in total. The largest absolute Gasteiger partial charge is 0.463 e. The van der Waals surface area contributed by atoms with E-state index in [1.54, 1.807) is 55.0 Å². The molecule has 39 heavy (non-hydrogen) atoms. The second-order valence-corrected chi connectivity index (χ2v) is 9.47. The summed E-state index contributed by atoms with van der Waals surface area (Å²) in [5.74, 6) is -0.107. The molecule has 0 spiro atoms. The van der Waals surface area contributed by atoms with Gasteiger partial charge in [-0.05, 0) is 49.4 Å². The van der Waals surface area contributed by atoms with E-state index < -0.39 is 18.5 Å². The fourth-order valence-electron chi connectivity index (χ4n) is 3.91. The number of amides is 1. The van der Waals surface area contributed by atoms with Gasteiger partial charge in [-0.3, -0.25) is 10.1 Å². The molecule has 0 bridgehead atoms. The Labute approximate surface area is 226 Å². The fraction of sp³-hybridized carbons (Fsp3) is 0.0690. The van der Waals surface area contributed by atoms with Gasteiger partial charge in [-0.2, -0.15) is 0 Å². The van der Waals surface area contributed by atoms with Crippen molar-refractivity contribution in [1.29, 1.82) is 0 Å². The van der Waals surface area contributed by atoms with Gasteiger partial charge >= 0.3 is 5.97 Å². The highest BCUT2D eigenvalue weighted by atomic mass is 32.1. The number of hydrogen-bond acceptors (Lipinski definition) is 9. The third-order valence-electron chi connectivity index (χ3n) is 5.84. The summed E-state index contributed by atoms with van der Waals surface area (Å²) in [5.41, 5.74) is 5.10. The molecular weight excluding hydrogens is 516 g/mol. The molecule has 0 aliphatic rings. The predicted octanol–water partition coefficient (Wildman–Crippen LogP) is 6.38. The summed E-state index contributed by atoms with van der Waals surface area (Å²) in [6, 6.07) is 19.8. The van der Waals surface area contributed by atoms with Crippen molar-refractivity contribution in [2.45, 2.75) is 6.92 Å². The SMILES string of the molecule is Cc1ccc(-c2csc(NC(=O)COC(=O)c3ccc4nc(-c5ccco5)c(-c5ccco5)nc4c3)n2)cc1. The molecular formula is C29H20N4O5S. The maximum atomic E-state index is 12.7. The second-order valence-electron chi connectivity index (χ2n) is 8.61. The maximum Gasteiger partial charge on any atom is 0.338 e. The molecule has 4 aromatic heterocycles. The van der Waals surface area contributed by atoms with Crippen LogP contribution in [0.3, 0.4) is 0 Å². The number of nitrogens with one attached hydrogen (secondary N) is 1. The van der Waals surface area contributed by atoms with Crippen LogP contribution in [0.25, 0.3) is 45.2 Å². The average Bonchev–Trinajstić information content (AvgIpc) is 3.74. The van der Waals surface area contributed by atoms with E-state index in [2.05, 4.69) is 20.3 Å². The number of nitrogens with zero attached hydrogens (tertiary/aromatic N) is 3. The molecule has 0 saturated heterocycles. The van der Waals surface area contributed by atoms with Crippen molar-refractivity contribution < 1.29 is 23.2 Å². The van der Waals surface area contributed by atoms with E-state index in [-0.39, 0.29) is 5.56 Å². The first-order chi connectivity index (χ1) is 19.0. The zero-order valence-corrected chi connectivity index (χ0v) is 21.4. The van der Waals surface area contributed by atoms with Crippen molar-refractivity contribution in [1.82, 2.24) is 15.0 Å². The first-order valence-electron chi connectivity index (χ1n) is 11.9. The third kappa shape index (κ3) is 5.18. The van der Waals surface area contributed by atoms with Gasteiger partial charge in [-0.1, -0.05) is 29.8 Å². The molecule has 1 amide bonds. The molecule has 0 saturated carbocycles. The number of aromatic nitrogens is 3. The van der Waals surface area contributed by atoms with E-state index in [0.29, 0.717) is 39.1 Å². The molecule has 0 fully saturated rings. The van der Waals surface area contributed by atoms with Crippen molar-refractivity contribution in [3.8, 4) is 34.2 Å². The van der Waals surface area contributed by atoms with Gasteiger partial charge in [-0.15, -0.1) is 11.3 Å². The van der Waals surface area contributed by atoms with Crippen LogP contribution >= 0.6 is 11.3 Å². The van der Waals surface area contributed by atoms with Crippen molar-refractivity contribution in [3.63, 3.8) is 0 Å². The Morgan fingerprint density at radius 1 is 0.872 bits per heavy atom. The lowest BCUT2D eigenvalue weighted by atomic mass is 10.1. The topological polar surface area (TPSA) is 120 Å². The molecule has 0 aliphatic carbocycles. The van der Waals surface area contributed by atoms with E-state index in [1.807, 2.05) is 36.6 Å². The molecule has 0 unspecified atom stereocenters. The van der Waals surface area contributed by atoms with Gasteiger partial charge in [0.25, 0.3) is 5.91 Å². The summed E-state index contributed by atoms with van der Waals surface area (Å²) in [5, 5.41) is 4.95. The smallest absolute Gasteiger partial charge is 0.338 e. The lowest BCUT2D eigenvalue weighted by Gasteiger charge is -2.08. The zero-order chi connectivity index (χ0) is 26.8. The number of carbonyl (C=O) groups excluding carboxylic acids is 2. The Bertz CT molecular complexity index is 1770. The van der Waals surface area contributed by atoms with E-state index in [9.17, 15) is 9.59 Å². The Hall–Kier alpha value is -5.09. The number of rotatable bonds is 7. The lowest BCUT2D eigenvalue weighted by molar-refractivity contribution is -0.119. The van der Waals surface area contributed by atoms with Crippen LogP contribution in [0, 0.1) is 6.92 Å². The van der Waals surface area contributed by atoms with E-state index in [4.69, 9.17) is 13.6 Å². The number of carbonyl (C=O) groups is 2. The number of anilines is 1. The van der Waals surface area contributed by atoms with Gasteiger partial charge in [0.1, 0.15) is 11.4 Å². The summed E-state index contributed by atoms with van der Waals surface area (Å²) < 4.78 is 16.3. The number of furan rings is 2. The number of aryl methyl sites for hydroxylation is 1. The maximum absolute atomic E-state index is 12.7. The van der Waals surface area contributed by atoms with Crippen LogP contribution in [0.4, 0.5) is 5.13 Å². The van der Waals surface area contributed by atoms with Crippen molar-refractivity contribution in [2.24, 2.45) is 0 Å². The normalized spacial score (nSPS) is 11.0. The summed E-state index contributed by atoms with van der Waals surface area (Å²) in [7, 11) is 0. The molecule has 6 rings (SSSR count). The van der Waals surface area contributed by atoms with Crippen molar-refractivity contribution in [3.05, 3.63) is 95.8 Å². The van der Waals surface area contributed by atoms with Crippen LogP contribution in [0.5, 0.6) is 0 Å². The Kier molecular flexibility index (Phi) is 6.44. The number of thiazole rings is 1. The molecule has 4 heterocycles. The number of esters is 1. The van der Waals surface area contributed by atoms with Crippen LogP contribution < -0.4 is 5.32 Å². The highest BCUT2D eigenvalue weighted by Gasteiger charge is 2.19. The Balaban J connectivity index is 1.15. The summed E-state index contributed by atoms with van der Waals surface area (Å²) >= 11 is 1.30. The van der Waals surface area contributed by atoms with Crippen LogP contribution in [-0.2, 0) is 9.53 Å². The first-order valence-corrected chi connectivity index (χ1v) is 12.8. The Morgan fingerprint density at radius 3 is 2.23 bits per heavy atom. The minimum absolute atomic E-state index is 0.233. The summed E-state index contributed by atoms with van der Waals surface area (Å²) in [6.45, 7) is 1.55. The van der Waals surface area contributed by atoms with Crippen LogP contribution in [0.15, 0.2) is 93.5 Å². The van der Waals surface area contributed by atoms with Gasteiger partial charge in [0, 0.05) is 10.9 Å². The molecule has 1 N–H and O–H groups in total. The molecule has 10 heteroatoms. The monoisotopic (exact) mass is 536 g/mol. The van der Waals surface area contributed by atoms with Gasteiger partial charge in [0.2, 0.25) is 0 Å². The molecule has 0 atom stereocenters. The van der Waals surface area contributed by atoms with Gasteiger partial charge < -0.3 is 13.6 Å². The molecule has 2 aromatic carbocycles. The molecule has 192 valence electrons. The lowest BCUT2D eigenvalue weighted by Crippen LogP contribution is -2.20. The minimum Gasteiger partial charge on any atom is -0.463 e. The summed E-state index contributed by atoms with van der Waals surface area (Å²) in [4.78, 5) is 39.0. The minimum atomic E-state index is -0.664. The molecule has 0 radical (unpaired) electrons. The first kappa shape index (κ1) is 24.3. The van der Waals surface area contributed by atoms with E-state index >= 15 is 0 Å². The number of hydrogen-bond donors (Lipinski definition) is 1. The van der Waals surface area contributed by atoms with Gasteiger partial charge in [-0.25, -0.2) is 19.7 Å². The molecule has 6 aromatic rings. The predicted molar refractivity (Wildman–Crippen MR) is 146 cm³/mol. The van der Waals surface area contributed by atoms with Crippen molar-refractivity contribution in [2.75, 3.05) is 11.9 Å². The van der Waals surface area contributed by atoms with Gasteiger partial charge in [0.15, 0.2) is 23.3 Å². The number of benzene rings is 2. The van der Waals surface area contributed by atoms with Crippen LogP contribution in [0.2, 0.25) is 0 Å². The summed E-state index contributed by atoms with van der Waals surface area (Å²) in [6.07, 6.45) is 3.10. The van der Waals surface area contributed by atoms with Crippen molar-refractivity contribution >= 4 is 39.4 Å². The zero-order valence-electron chi connectivity index (χ0n) is 20.6. The number of ether oxygens (including phenoxy) is 1. The highest BCUT2D eigenvalue weighted by Crippen LogP contribution is 2.32. The second kappa shape index (κ2) is 10.3. The standard InChI is InChI=1S/C29H20N4O5S/c1-17-6-8-18(9-7-17)22-16-39-29(32-22)33-25(34)15-38-28(35)19-10-11-20-21(14-19)31-27(24-5-3-13-37-24)26(30-20)23-4-2-12-36-23/h2-14,16H,15H2,1H3,(H,32,33,34). The van der Waals surface area contributed by atoms with E-state index in [1.165, 1.54) is 11.3 Å². The third-order valence-corrected chi connectivity index (χ3v) is 6.60. The highest BCUT2D eigenvalue weighted by molar-refractivity contribution is 7.14. The number of fused-ring (bicyclic) bond motifs is 1. The van der Waals surface area contributed by atoms with E-state index in [0.717, 1.165) is 16.8 Å². The van der Waals surface area contributed by atoms with Gasteiger partial charge in [0.05, 0.1) is 34.8 Å². The van der Waals surface area contributed by atoms with Crippen LogP contribution in [-0.4, -0.2) is 33.4 Å².